The number of nitrogens with one attached hydrogen (secondary N) is 1. The van der Waals surface area contributed by atoms with Crippen molar-refractivity contribution in [2.45, 2.75) is 0 Å². The predicted molar refractivity (Wildman–Crippen MR) is 87.1 cm³/mol. The summed E-state index contributed by atoms with van der Waals surface area (Å²) in [6.45, 7) is 3.03. The Kier molecular flexibility index (Phi) is 3.52. The lowest BCUT2D eigenvalue weighted by atomic mass is 10.2. The minimum atomic E-state index is 0.611. The number of hydrogen-bond acceptors (Lipinski definition) is 7. The molecule has 0 spiro atoms. The molecule has 3 N–H and O–H groups in total. The fourth-order valence-electron chi connectivity index (χ4n) is 2.71. The van der Waals surface area contributed by atoms with Gasteiger partial charge in [-0.2, -0.15) is 9.61 Å². The van der Waals surface area contributed by atoms with Crippen LogP contribution in [0.25, 0.3) is 16.9 Å². The molecular weight excluding hydrogens is 294 g/mol. The highest BCUT2D eigenvalue weighted by Gasteiger charge is 2.18. The van der Waals surface area contributed by atoms with Crippen LogP contribution in [-0.2, 0) is 4.74 Å². The molecule has 0 bridgehead atoms. The first-order valence-electron chi connectivity index (χ1n) is 7.46. The van der Waals surface area contributed by atoms with Gasteiger partial charge in [-0.3, -0.25) is 4.98 Å². The Morgan fingerprint density at radius 1 is 1.13 bits per heavy atom. The zero-order chi connectivity index (χ0) is 15.6. The molecule has 23 heavy (non-hydrogen) atoms. The molecular formula is C15H17N7O. The van der Waals surface area contributed by atoms with Gasteiger partial charge in [0.05, 0.1) is 18.9 Å². The number of anilines is 2. The lowest BCUT2D eigenvalue weighted by molar-refractivity contribution is 0.122. The van der Waals surface area contributed by atoms with Gasteiger partial charge < -0.3 is 15.1 Å². The van der Waals surface area contributed by atoms with Crippen LogP contribution < -0.4 is 16.2 Å². The fourth-order valence-corrected chi connectivity index (χ4v) is 2.71. The molecule has 8 heteroatoms. The number of aromatic nitrogens is 4. The van der Waals surface area contributed by atoms with E-state index < -0.39 is 0 Å². The largest absolute Gasteiger partial charge is 0.378 e. The minimum Gasteiger partial charge on any atom is -0.378 e. The predicted octanol–water partition coefficient (Wildman–Crippen LogP) is 0.913. The van der Waals surface area contributed by atoms with Gasteiger partial charge in [-0.1, -0.05) is 0 Å². The van der Waals surface area contributed by atoms with Crippen molar-refractivity contribution >= 4 is 17.3 Å². The lowest BCUT2D eigenvalue weighted by Gasteiger charge is -2.29. The first-order valence-corrected chi connectivity index (χ1v) is 7.46. The van der Waals surface area contributed by atoms with Gasteiger partial charge in [0.15, 0.2) is 5.65 Å². The maximum absolute atomic E-state index is 5.56. The van der Waals surface area contributed by atoms with E-state index in [1.807, 2.05) is 28.8 Å². The molecule has 0 saturated carbocycles. The summed E-state index contributed by atoms with van der Waals surface area (Å²) in [5.41, 5.74) is 5.22. The number of hydrogen-bond donors (Lipinski definition) is 2. The van der Waals surface area contributed by atoms with E-state index in [-0.39, 0.29) is 0 Å². The van der Waals surface area contributed by atoms with Crippen LogP contribution in [0.4, 0.5) is 11.6 Å². The molecule has 1 aliphatic heterocycles. The molecule has 0 aromatic carbocycles. The van der Waals surface area contributed by atoms with Crippen molar-refractivity contribution in [2.75, 3.05) is 36.6 Å². The smallest absolute Gasteiger partial charge is 0.160 e. The summed E-state index contributed by atoms with van der Waals surface area (Å²) in [5, 5.41) is 4.71. The monoisotopic (exact) mass is 311 g/mol. The molecule has 1 aliphatic rings. The van der Waals surface area contributed by atoms with Crippen molar-refractivity contribution in [2.24, 2.45) is 5.84 Å². The number of rotatable bonds is 3. The maximum Gasteiger partial charge on any atom is 0.160 e. The van der Waals surface area contributed by atoms with Gasteiger partial charge in [0, 0.05) is 43.2 Å². The van der Waals surface area contributed by atoms with E-state index >= 15 is 0 Å². The van der Waals surface area contributed by atoms with E-state index in [2.05, 4.69) is 20.3 Å². The van der Waals surface area contributed by atoms with Crippen molar-refractivity contribution < 1.29 is 4.74 Å². The normalized spacial score (nSPS) is 15.1. The van der Waals surface area contributed by atoms with Gasteiger partial charge in [-0.25, -0.2) is 10.8 Å². The maximum atomic E-state index is 5.56. The highest BCUT2D eigenvalue weighted by molar-refractivity contribution is 5.67. The second-order valence-corrected chi connectivity index (χ2v) is 5.28. The molecule has 0 radical (unpaired) electrons. The number of nitrogens with two attached hydrogens (primary N) is 1. The zero-order valence-electron chi connectivity index (χ0n) is 12.5. The average Bonchev–Trinajstić information content (AvgIpc) is 3.06. The second-order valence-electron chi connectivity index (χ2n) is 5.28. The van der Waals surface area contributed by atoms with E-state index in [4.69, 9.17) is 15.7 Å². The van der Waals surface area contributed by atoms with E-state index in [1.54, 1.807) is 12.4 Å². The van der Waals surface area contributed by atoms with Gasteiger partial charge in [0.2, 0.25) is 0 Å². The first-order chi connectivity index (χ1) is 11.3. The number of morpholine rings is 1. The quantitative estimate of drug-likeness (QED) is 0.548. The van der Waals surface area contributed by atoms with Crippen molar-refractivity contribution in [3.63, 3.8) is 0 Å². The Morgan fingerprint density at radius 3 is 2.65 bits per heavy atom. The highest BCUT2D eigenvalue weighted by atomic mass is 16.5. The summed E-state index contributed by atoms with van der Waals surface area (Å²) in [6, 6.07) is 7.71. The summed E-state index contributed by atoms with van der Waals surface area (Å²) in [4.78, 5) is 10.8. The van der Waals surface area contributed by atoms with Gasteiger partial charge in [-0.05, 0) is 12.1 Å². The molecule has 8 nitrogen and oxygen atoms in total. The third-order valence-electron chi connectivity index (χ3n) is 3.87. The molecule has 118 valence electrons. The van der Waals surface area contributed by atoms with Gasteiger partial charge in [0.1, 0.15) is 11.6 Å². The van der Waals surface area contributed by atoms with Crippen LogP contribution in [0.2, 0.25) is 0 Å². The molecule has 1 saturated heterocycles. The summed E-state index contributed by atoms with van der Waals surface area (Å²) in [7, 11) is 0. The molecule has 3 aromatic heterocycles. The molecule has 3 aromatic rings. The Bertz CT molecular complexity index is 811. The van der Waals surface area contributed by atoms with Crippen LogP contribution in [0.5, 0.6) is 0 Å². The van der Waals surface area contributed by atoms with Crippen LogP contribution in [0.1, 0.15) is 0 Å². The number of nitrogen functional groups attached to an aromatic ring is 1. The third-order valence-corrected chi connectivity index (χ3v) is 3.87. The second kappa shape index (κ2) is 5.82. The van der Waals surface area contributed by atoms with E-state index in [9.17, 15) is 0 Å². The van der Waals surface area contributed by atoms with Crippen LogP contribution in [0.15, 0.2) is 36.7 Å². The number of pyridine rings is 1. The van der Waals surface area contributed by atoms with Crippen molar-refractivity contribution in [1.82, 2.24) is 19.6 Å². The highest BCUT2D eigenvalue weighted by Crippen LogP contribution is 2.25. The van der Waals surface area contributed by atoms with E-state index in [0.717, 1.165) is 35.8 Å². The molecule has 0 atom stereocenters. The molecule has 4 heterocycles. The van der Waals surface area contributed by atoms with E-state index in [1.165, 1.54) is 0 Å². The Hall–Kier alpha value is -2.71. The zero-order valence-corrected chi connectivity index (χ0v) is 12.5. The van der Waals surface area contributed by atoms with Crippen molar-refractivity contribution in [3.05, 3.63) is 36.7 Å². The molecule has 1 fully saturated rings. The number of fused-ring (bicyclic) bond motifs is 1. The Balaban J connectivity index is 1.85. The summed E-state index contributed by atoms with van der Waals surface area (Å²) in [5.74, 6) is 7.13. The number of hydrazine groups is 1. The number of ether oxygens (including phenoxy) is 1. The van der Waals surface area contributed by atoms with Gasteiger partial charge in [-0.15, -0.1) is 0 Å². The molecule has 4 rings (SSSR count). The third kappa shape index (κ3) is 2.58. The minimum absolute atomic E-state index is 0.611. The van der Waals surface area contributed by atoms with Crippen LogP contribution in [0, 0.1) is 0 Å². The molecule has 0 amide bonds. The summed E-state index contributed by atoms with van der Waals surface area (Å²) in [6.07, 6.45) is 3.51. The topological polar surface area (TPSA) is 93.6 Å². The Labute approximate surface area is 132 Å². The van der Waals surface area contributed by atoms with Crippen LogP contribution >= 0.6 is 0 Å². The van der Waals surface area contributed by atoms with E-state index in [0.29, 0.717) is 19.0 Å². The lowest BCUT2D eigenvalue weighted by Crippen LogP contribution is -2.37. The van der Waals surface area contributed by atoms with Crippen molar-refractivity contribution in [1.29, 1.82) is 0 Å². The summed E-state index contributed by atoms with van der Waals surface area (Å²) >= 11 is 0. The van der Waals surface area contributed by atoms with Crippen LogP contribution in [-0.4, -0.2) is 45.9 Å². The van der Waals surface area contributed by atoms with Crippen molar-refractivity contribution in [3.8, 4) is 11.3 Å². The summed E-state index contributed by atoms with van der Waals surface area (Å²) < 4.78 is 7.28. The van der Waals surface area contributed by atoms with Gasteiger partial charge in [0.25, 0.3) is 0 Å². The average molecular weight is 311 g/mol. The van der Waals surface area contributed by atoms with Gasteiger partial charge >= 0.3 is 0 Å². The SMILES string of the molecule is NNc1cc(N2CCOCC2)n2nc(-c3ccncc3)cc2n1. The first kappa shape index (κ1) is 13.9. The number of nitrogens with zero attached hydrogens (tertiary/aromatic N) is 5. The Morgan fingerprint density at radius 2 is 1.91 bits per heavy atom. The molecule has 0 unspecified atom stereocenters. The standard InChI is InChI=1S/C15H17N7O/c16-19-13-10-15(21-5-7-23-8-6-21)22-14(18-13)9-12(20-22)11-1-3-17-4-2-11/h1-4,9-10H,5-8,16H2,(H,18,19). The fraction of sp³-hybridized carbons (Fsp3) is 0.267. The molecule has 0 aliphatic carbocycles. The van der Waals surface area contributed by atoms with Crippen LogP contribution in [0.3, 0.4) is 0 Å².